The molecule has 4 heteroatoms. The Morgan fingerprint density at radius 2 is 2.38 bits per heavy atom. The summed E-state index contributed by atoms with van der Waals surface area (Å²) in [5.74, 6) is -0.127. The van der Waals surface area contributed by atoms with Crippen molar-refractivity contribution in [1.82, 2.24) is 10.2 Å². The minimum atomic E-state index is -0.127. The molecule has 1 aromatic rings. The molecule has 0 aliphatic rings. The fraction of sp³-hybridized carbons (Fsp3) is 0.250. The van der Waals surface area contributed by atoms with E-state index >= 15 is 0 Å². The number of nitrogens with zero attached hydrogens (tertiary/aromatic N) is 1. The van der Waals surface area contributed by atoms with Gasteiger partial charge < -0.3 is 5.11 Å². The molecule has 38 valence electrons. The van der Waals surface area contributed by atoms with Gasteiger partial charge in [0.1, 0.15) is 0 Å². The second-order valence-electron chi connectivity index (χ2n) is 1.37. The number of hydrogen-bond acceptors (Lipinski definition) is 2. The molecule has 0 bridgehead atoms. The Labute approximate surface area is 69.4 Å². The predicted octanol–water partition coefficient (Wildman–Crippen LogP) is -3.20. The van der Waals surface area contributed by atoms with Crippen LogP contribution in [0.4, 0.5) is 0 Å². The van der Waals surface area contributed by atoms with Crippen molar-refractivity contribution in [3.63, 3.8) is 0 Å². The monoisotopic (exact) mass is 120 g/mol. The summed E-state index contributed by atoms with van der Waals surface area (Å²) in [5, 5.41) is 16.0. The third-order valence-corrected chi connectivity index (χ3v) is 0.682. The Morgan fingerprint density at radius 1 is 1.75 bits per heavy atom. The minimum Gasteiger partial charge on any atom is -0.859 e. The third kappa shape index (κ3) is 1.86. The van der Waals surface area contributed by atoms with E-state index in [1.807, 2.05) is 0 Å². The van der Waals surface area contributed by atoms with Crippen LogP contribution < -0.4 is 34.7 Å². The van der Waals surface area contributed by atoms with Crippen molar-refractivity contribution in [2.24, 2.45) is 0 Å². The zero-order valence-corrected chi connectivity index (χ0v) is 6.93. The number of hydrogen-bond donors (Lipinski definition) is 1. The normalized spacial score (nSPS) is 8.12. The maximum absolute atomic E-state index is 10.2. The molecule has 0 atom stereocenters. The van der Waals surface area contributed by atoms with E-state index in [4.69, 9.17) is 0 Å². The molecule has 3 nitrogen and oxygen atoms in total. The molecular weight excluding hydrogens is 115 g/mol. The van der Waals surface area contributed by atoms with Crippen LogP contribution in [0.3, 0.4) is 0 Å². The molecule has 0 saturated carbocycles. The van der Waals surface area contributed by atoms with Crippen molar-refractivity contribution in [3.8, 4) is 5.88 Å². The zero-order valence-electron chi connectivity index (χ0n) is 4.93. The van der Waals surface area contributed by atoms with Crippen LogP contribution in [-0.2, 0) is 0 Å². The van der Waals surface area contributed by atoms with E-state index in [9.17, 15) is 5.11 Å². The summed E-state index contributed by atoms with van der Waals surface area (Å²) < 4.78 is 0. The van der Waals surface area contributed by atoms with E-state index in [0.717, 1.165) is 5.69 Å². The van der Waals surface area contributed by atoms with Gasteiger partial charge in [-0.05, 0) is 18.9 Å². The smallest absolute Gasteiger partial charge is 0.859 e. The van der Waals surface area contributed by atoms with Crippen molar-refractivity contribution in [2.45, 2.75) is 6.92 Å². The standard InChI is InChI=1S/C4H6N2O.Na/c1-3-2-4(7)6-5-3;/h2H,1H3,(H2,5,6,7);/q;+1/p-1. The first-order valence-electron chi connectivity index (χ1n) is 1.98. The molecule has 0 aromatic carbocycles. The average molecular weight is 120 g/mol. The largest absolute Gasteiger partial charge is 1.00 e. The van der Waals surface area contributed by atoms with Crippen LogP contribution in [0.15, 0.2) is 6.07 Å². The number of rotatable bonds is 0. The van der Waals surface area contributed by atoms with Crippen LogP contribution in [0.25, 0.3) is 0 Å². The number of aryl methyl sites for hydroxylation is 1. The summed E-state index contributed by atoms with van der Waals surface area (Å²) in [7, 11) is 0. The molecule has 1 aromatic heterocycles. The molecule has 0 radical (unpaired) electrons. The molecule has 1 heterocycles. The fourth-order valence-electron chi connectivity index (χ4n) is 0.398. The Morgan fingerprint density at radius 3 is 2.50 bits per heavy atom. The average Bonchev–Trinajstić information content (AvgIpc) is 1.87. The third-order valence-electron chi connectivity index (χ3n) is 0.682. The first-order chi connectivity index (χ1) is 3.29. The second-order valence-corrected chi connectivity index (χ2v) is 1.37. The van der Waals surface area contributed by atoms with Crippen molar-refractivity contribution >= 4 is 0 Å². The van der Waals surface area contributed by atoms with Gasteiger partial charge in [0.25, 0.3) is 0 Å². The zero-order chi connectivity index (χ0) is 5.28. The van der Waals surface area contributed by atoms with Crippen molar-refractivity contribution in [2.75, 3.05) is 0 Å². The predicted molar refractivity (Wildman–Crippen MR) is 22.8 cm³/mol. The van der Waals surface area contributed by atoms with Gasteiger partial charge in [0, 0.05) is 0 Å². The van der Waals surface area contributed by atoms with Gasteiger partial charge in [-0.15, -0.1) is 0 Å². The maximum Gasteiger partial charge on any atom is 1.00 e. The van der Waals surface area contributed by atoms with Crippen LogP contribution in [0, 0.1) is 6.92 Å². The molecule has 0 fully saturated rings. The molecule has 0 saturated heterocycles. The van der Waals surface area contributed by atoms with Crippen LogP contribution >= 0.6 is 0 Å². The summed E-state index contributed by atoms with van der Waals surface area (Å²) in [4.78, 5) is 0. The summed E-state index contributed by atoms with van der Waals surface area (Å²) in [6.07, 6.45) is 0. The second kappa shape index (κ2) is 3.12. The summed E-state index contributed by atoms with van der Waals surface area (Å²) in [6, 6.07) is 1.44. The van der Waals surface area contributed by atoms with Crippen LogP contribution in [0.1, 0.15) is 5.69 Å². The van der Waals surface area contributed by atoms with Crippen molar-refractivity contribution in [1.29, 1.82) is 0 Å². The van der Waals surface area contributed by atoms with Gasteiger partial charge in [-0.2, -0.15) is 5.10 Å². The van der Waals surface area contributed by atoms with E-state index in [0.29, 0.717) is 0 Å². The summed E-state index contributed by atoms with van der Waals surface area (Å²) >= 11 is 0. The van der Waals surface area contributed by atoms with Gasteiger partial charge in [0.05, 0.1) is 5.69 Å². The number of nitrogens with one attached hydrogen (secondary N) is 1. The van der Waals surface area contributed by atoms with Gasteiger partial charge >= 0.3 is 29.6 Å². The maximum atomic E-state index is 10.2. The van der Waals surface area contributed by atoms with E-state index in [1.165, 1.54) is 6.07 Å². The number of H-pyrrole nitrogens is 1. The number of aromatic nitrogens is 2. The first kappa shape index (κ1) is 8.01. The minimum absolute atomic E-state index is 0. The molecule has 0 spiro atoms. The molecular formula is C4H5N2NaO. The van der Waals surface area contributed by atoms with Gasteiger partial charge in [0.2, 0.25) is 0 Å². The first-order valence-corrected chi connectivity index (χ1v) is 1.98. The quantitative estimate of drug-likeness (QED) is 0.366. The molecule has 1 rings (SSSR count). The van der Waals surface area contributed by atoms with E-state index in [2.05, 4.69) is 10.2 Å². The van der Waals surface area contributed by atoms with Gasteiger partial charge in [-0.1, -0.05) is 0 Å². The van der Waals surface area contributed by atoms with Gasteiger partial charge in [-0.3, -0.25) is 5.10 Å². The number of aromatic amines is 1. The molecule has 0 amide bonds. The summed E-state index contributed by atoms with van der Waals surface area (Å²) in [6.45, 7) is 1.76. The van der Waals surface area contributed by atoms with Crippen molar-refractivity contribution in [3.05, 3.63) is 11.8 Å². The van der Waals surface area contributed by atoms with Gasteiger partial charge in [-0.25, -0.2) is 0 Å². The Balaban J connectivity index is 0.000000490. The fourth-order valence-corrected chi connectivity index (χ4v) is 0.398. The van der Waals surface area contributed by atoms with E-state index in [1.54, 1.807) is 6.92 Å². The van der Waals surface area contributed by atoms with Crippen molar-refractivity contribution < 1.29 is 34.7 Å². The molecule has 1 N–H and O–H groups in total. The van der Waals surface area contributed by atoms with Crippen LogP contribution in [-0.4, -0.2) is 10.2 Å². The molecule has 0 unspecified atom stereocenters. The Bertz CT molecular complexity index is 146. The van der Waals surface area contributed by atoms with E-state index < -0.39 is 0 Å². The SMILES string of the molecule is Cc1cc([O-])[nH]n1.[Na+]. The summed E-state index contributed by atoms with van der Waals surface area (Å²) in [5.41, 5.74) is 0.741. The molecule has 0 aliphatic carbocycles. The molecule has 0 aliphatic heterocycles. The van der Waals surface area contributed by atoms with Crippen LogP contribution in [0.2, 0.25) is 0 Å². The van der Waals surface area contributed by atoms with Gasteiger partial charge in [0.15, 0.2) is 0 Å². The Kier molecular flexibility index (Phi) is 3.12. The molecule has 8 heavy (non-hydrogen) atoms. The topological polar surface area (TPSA) is 51.7 Å². The van der Waals surface area contributed by atoms with Crippen LogP contribution in [0.5, 0.6) is 5.88 Å². The Hall–Kier alpha value is 0.0100. The van der Waals surface area contributed by atoms with E-state index in [-0.39, 0.29) is 35.4 Å².